The van der Waals surface area contributed by atoms with Crippen LogP contribution < -0.4 is 5.32 Å². The molecule has 0 aromatic carbocycles. The van der Waals surface area contributed by atoms with Gasteiger partial charge in [-0.2, -0.15) is 0 Å². The Hall–Kier alpha value is -1.66. The molecule has 1 amide bonds. The van der Waals surface area contributed by atoms with E-state index in [9.17, 15) is 19.8 Å². The van der Waals surface area contributed by atoms with Crippen LogP contribution in [0.15, 0.2) is 24.3 Å². The van der Waals surface area contributed by atoms with Gasteiger partial charge < -0.3 is 20.3 Å². The van der Waals surface area contributed by atoms with E-state index in [1.165, 1.54) is 193 Å². The van der Waals surface area contributed by atoms with Gasteiger partial charge in [0.05, 0.1) is 25.4 Å². The third-order valence-corrected chi connectivity index (χ3v) is 12.0. The van der Waals surface area contributed by atoms with Gasteiger partial charge in [0.25, 0.3) is 0 Å². The van der Waals surface area contributed by atoms with Gasteiger partial charge in [-0.15, -0.1) is 0 Å². The number of carbonyl (C=O) groups is 2. The molecular weight excluding hydrogens is 731 g/mol. The molecule has 0 spiro atoms. The Bertz CT molecular complexity index is 920. The van der Waals surface area contributed by atoms with E-state index >= 15 is 0 Å². The van der Waals surface area contributed by atoms with E-state index in [0.717, 1.165) is 57.8 Å². The zero-order valence-electron chi connectivity index (χ0n) is 39.5. The minimum atomic E-state index is -0.848. The highest BCUT2D eigenvalue weighted by atomic mass is 16.5. The summed E-state index contributed by atoms with van der Waals surface area (Å²) >= 11 is 0. The van der Waals surface area contributed by atoms with Crippen molar-refractivity contribution >= 4 is 11.9 Å². The van der Waals surface area contributed by atoms with Crippen LogP contribution in [0.4, 0.5) is 0 Å². The third-order valence-electron chi connectivity index (χ3n) is 12.0. The zero-order valence-corrected chi connectivity index (χ0v) is 39.5. The summed E-state index contributed by atoms with van der Waals surface area (Å²) in [5.41, 5.74) is 0. The molecule has 0 aromatic heterocycles. The van der Waals surface area contributed by atoms with Gasteiger partial charge in [-0.25, -0.2) is 0 Å². The van der Waals surface area contributed by atoms with Gasteiger partial charge in [0, 0.05) is 12.8 Å². The lowest BCUT2D eigenvalue weighted by Crippen LogP contribution is -2.45. The minimum absolute atomic E-state index is 0.00429. The molecule has 59 heavy (non-hydrogen) atoms. The van der Waals surface area contributed by atoms with Crippen molar-refractivity contribution in [1.82, 2.24) is 5.32 Å². The molecule has 0 saturated carbocycles. The fourth-order valence-corrected chi connectivity index (χ4v) is 7.92. The molecule has 0 aliphatic carbocycles. The maximum atomic E-state index is 12.4. The molecule has 6 heteroatoms. The number of allylic oxidation sites excluding steroid dienone is 3. The molecule has 0 aromatic rings. The summed E-state index contributed by atoms with van der Waals surface area (Å²) in [5, 5.41) is 22.9. The van der Waals surface area contributed by atoms with Crippen LogP contribution in [-0.2, 0) is 14.3 Å². The molecule has 348 valence electrons. The number of aliphatic hydroxyl groups excluding tert-OH is 2. The number of aliphatic hydroxyl groups is 2. The Kier molecular flexibility index (Phi) is 47.6. The summed E-state index contributed by atoms with van der Waals surface area (Å²) in [6, 6.07) is -0.632. The van der Waals surface area contributed by atoms with E-state index in [1.807, 2.05) is 6.08 Å². The van der Waals surface area contributed by atoms with Gasteiger partial charge in [0.1, 0.15) is 0 Å². The monoisotopic (exact) mass is 832 g/mol. The van der Waals surface area contributed by atoms with Crippen molar-refractivity contribution in [2.24, 2.45) is 0 Å². The SMILES string of the molecule is CCCCCCCC/C=C\CCCCCCCCCC(=O)OCCCCCCCCCCCCCCCCCC(=O)NC(CO)C(O)/C=C/CCCCCCCCCC. The van der Waals surface area contributed by atoms with Crippen LogP contribution >= 0.6 is 0 Å². The van der Waals surface area contributed by atoms with Gasteiger partial charge in [-0.3, -0.25) is 9.59 Å². The molecule has 0 rings (SSSR count). The smallest absolute Gasteiger partial charge is 0.305 e. The highest BCUT2D eigenvalue weighted by Gasteiger charge is 2.18. The maximum Gasteiger partial charge on any atom is 0.305 e. The van der Waals surface area contributed by atoms with Crippen LogP contribution in [-0.4, -0.2) is 47.4 Å². The van der Waals surface area contributed by atoms with Gasteiger partial charge >= 0.3 is 5.97 Å². The normalized spacial score (nSPS) is 12.8. The molecule has 0 fully saturated rings. The van der Waals surface area contributed by atoms with Gasteiger partial charge in [0.2, 0.25) is 5.91 Å². The number of rotatable bonds is 48. The second-order valence-electron chi connectivity index (χ2n) is 17.9. The summed E-state index contributed by atoms with van der Waals surface area (Å²) in [5.74, 6) is -0.0829. The molecule has 0 aliphatic rings. The third kappa shape index (κ3) is 45.7. The fraction of sp³-hybridized carbons (Fsp3) is 0.887. The first-order chi connectivity index (χ1) is 29.0. The quantitative estimate of drug-likeness (QED) is 0.0322. The Morgan fingerprint density at radius 2 is 0.797 bits per heavy atom. The van der Waals surface area contributed by atoms with Gasteiger partial charge in [-0.1, -0.05) is 231 Å². The Labute approximate surface area is 367 Å². The predicted octanol–water partition coefficient (Wildman–Crippen LogP) is 15.5. The number of hydrogen-bond acceptors (Lipinski definition) is 5. The zero-order chi connectivity index (χ0) is 43.0. The molecular formula is C53H101NO5. The predicted molar refractivity (Wildman–Crippen MR) is 255 cm³/mol. The average molecular weight is 832 g/mol. The molecule has 0 saturated heterocycles. The molecule has 2 atom stereocenters. The molecule has 0 radical (unpaired) electrons. The van der Waals surface area contributed by atoms with E-state index in [4.69, 9.17) is 4.74 Å². The van der Waals surface area contributed by atoms with E-state index in [-0.39, 0.29) is 18.5 Å². The van der Waals surface area contributed by atoms with Crippen LogP contribution in [0.25, 0.3) is 0 Å². The first-order valence-corrected chi connectivity index (χ1v) is 26.1. The van der Waals surface area contributed by atoms with Crippen molar-refractivity contribution in [1.29, 1.82) is 0 Å². The first-order valence-electron chi connectivity index (χ1n) is 26.1. The summed E-state index contributed by atoms with van der Waals surface area (Å²) in [4.78, 5) is 24.4. The second-order valence-corrected chi connectivity index (χ2v) is 17.9. The maximum absolute atomic E-state index is 12.4. The van der Waals surface area contributed by atoms with Crippen molar-refractivity contribution in [2.45, 2.75) is 289 Å². The van der Waals surface area contributed by atoms with Crippen LogP contribution in [0.1, 0.15) is 277 Å². The van der Waals surface area contributed by atoms with Crippen LogP contribution in [0.5, 0.6) is 0 Å². The van der Waals surface area contributed by atoms with Crippen LogP contribution in [0.2, 0.25) is 0 Å². The summed E-state index contributed by atoms with van der Waals surface area (Å²) in [6.45, 7) is 4.86. The topological polar surface area (TPSA) is 95.9 Å². The van der Waals surface area contributed by atoms with E-state index < -0.39 is 12.1 Å². The molecule has 0 aliphatic heterocycles. The van der Waals surface area contributed by atoms with Crippen molar-refractivity contribution in [3.05, 3.63) is 24.3 Å². The van der Waals surface area contributed by atoms with Crippen LogP contribution in [0, 0.1) is 0 Å². The largest absolute Gasteiger partial charge is 0.466 e. The lowest BCUT2D eigenvalue weighted by molar-refractivity contribution is -0.143. The number of carbonyl (C=O) groups excluding carboxylic acids is 2. The Balaban J connectivity index is 3.42. The molecule has 2 unspecified atom stereocenters. The summed E-state index contributed by atoms with van der Waals surface area (Å²) < 4.78 is 5.47. The van der Waals surface area contributed by atoms with Crippen molar-refractivity contribution in [3.63, 3.8) is 0 Å². The first kappa shape index (κ1) is 57.3. The van der Waals surface area contributed by atoms with Gasteiger partial charge in [-0.05, 0) is 57.8 Å². The number of amides is 1. The number of ether oxygens (including phenoxy) is 1. The van der Waals surface area contributed by atoms with E-state index in [2.05, 4.69) is 31.3 Å². The highest BCUT2D eigenvalue weighted by Crippen LogP contribution is 2.16. The van der Waals surface area contributed by atoms with Crippen LogP contribution in [0.3, 0.4) is 0 Å². The molecule has 0 heterocycles. The van der Waals surface area contributed by atoms with Gasteiger partial charge in [0.15, 0.2) is 0 Å². The molecule has 0 bridgehead atoms. The highest BCUT2D eigenvalue weighted by molar-refractivity contribution is 5.76. The second kappa shape index (κ2) is 49.0. The Morgan fingerprint density at radius 1 is 0.458 bits per heavy atom. The lowest BCUT2D eigenvalue weighted by atomic mass is 10.0. The number of esters is 1. The van der Waals surface area contributed by atoms with E-state index in [0.29, 0.717) is 19.4 Å². The molecule has 3 N–H and O–H groups in total. The Morgan fingerprint density at radius 3 is 1.20 bits per heavy atom. The number of unbranched alkanes of at least 4 members (excludes halogenated alkanes) is 35. The van der Waals surface area contributed by atoms with E-state index in [1.54, 1.807) is 6.08 Å². The van der Waals surface area contributed by atoms with Crippen molar-refractivity contribution in [3.8, 4) is 0 Å². The average Bonchev–Trinajstić information content (AvgIpc) is 3.24. The summed E-state index contributed by atoms with van der Waals surface area (Å²) in [7, 11) is 0. The minimum Gasteiger partial charge on any atom is -0.466 e. The number of nitrogens with one attached hydrogen (secondary N) is 1. The van der Waals surface area contributed by atoms with Crippen molar-refractivity contribution in [2.75, 3.05) is 13.2 Å². The van der Waals surface area contributed by atoms with Crippen molar-refractivity contribution < 1.29 is 24.5 Å². The number of hydrogen-bond donors (Lipinski definition) is 3. The fourth-order valence-electron chi connectivity index (χ4n) is 7.92. The molecule has 6 nitrogen and oxygen atoms in total. The summed E-state index contributed by atoms with van der Waals surface area (Å²) in [6.07, 6.45) is 57.5. The lowest BCUT2D eigenvalue weighted by Gasteiger charge is -2.20. The standard InChI is InChI=1S/C53H101NO5/c1-3-5-7-9-11-13-15-16-17-18-21-24-27-31-35-39-43-47-53(58)59-48-44-40-36-32-28-25-22-19-20-23-26-30-34-38-42-46-52(57)54-50(49-55)51(56)45-41-37-33-29-14-12-10-8-6-4-2/h16-17,41,45,50-51,55-56H,3-15,18-40,42-44,46-49H2,1-2H3,(H,54,57)/b17-16-,45-41+.